The third kappa shape index (κ3) is 3.65. The highest BCUT2D eigenvalue weighted by atomic mass is 19.1. The lowest BCUT2D eigenvalue weighted by Crippen LogP contribution is -2.44. The molecule has 0 bridgehead atoms. The molecule has 0 spiro atoms. The fourth-order valence-corrected chi connectivity index (χ4v) is 2.90. The van der Waals surface area contributed by atoms with Gasteiger partial charge < -0.3 is 15.0 Å². The Morgan fingerprint density at radius 3 is 2.82 bits per heavy atom. The molecule has 2 aliphatic heterocycles. The number of benzene rings is 1. The van der Waals surface area contributed by atoms with E-state index in [4.69, 9.17) is 4.74 Å². The van der Waals surface area contributed by atoms with Gasteiger partial charge in [-0.25, -0.2) is 9.18 Å². The molecule has 1 aromatic carbocycles. The van der Waals surface area contributed by atoms with Crippen LogP contribution in [0.4, 0.5) is 9.18 Å². The van der Waals surface area contributed by atoms with Gasteiger partial charge in [0.15, 0.2) is 0 Å². The maximum absolute atomic E-state index is 12.9. The Hall–Kier alpha value is -1.88. The first-order valence-electron chi connectivity index (χ1n) is 7.82. The van der Waals surface area contributed by atoms with Crippen molar-refractivity contribution in [1.82, 2.24) is 10.2 Å². The lowest BCUT2D eigenvalue weighted by molar-refractivity contribution is 0.109. The van der Waals surface area contributed by atoms with Crippen molar-refractivity contribution in [3.63, 3.8) is 0 Å². The Balaban J connectivity index is 1.51. The van der Waals surface area contributed by atoms with E-state index >= 15 is 0 Å². The zero-order valence-corrected chi connectivity index (χ0v) is 12.6. The van der Waals surface area contributed by atoms with Crippen LogP contribution in [0.1, 0.15) is 24.8 Å². The Morgan fingerprint density at radius 1 is 1.36 bits per heavy atom. The largest absolute Gasteiger partial charge is 0.376 e. The Labute approximate surface area is 129 Å². The van der Waals surface area contributed by atoms with Crippen LogP contribution in [0.2, 0.25) is 0 Å². The minimum atomic E-state index is -0.227. The number of hydrogen-bond donors (Lipinski definition) is 1. The average molecular weight is 304 g/mol. The van der Waals surface area contributed by atoms with Crippen LogP contribution >= 0.6 is 0 Å². The zero-order chi connectivity index (χ0) is 15.4. The molecule has 22 heavy (non-hydrogen) atoms. The highest BCUT2D eigenvalue weighted by Crippen LogP contribution is 2.22. The molecule has 2 aliphatic rings. The van der Waals surface area contributed by atoms with Crippen molar-refractivity contribution in [2.24, 2.45) is 0 Å². The number of carbonyl (C=O) groups is 1. The first kappa shape index (κ1) is 15.0. The molecule has 5 heteroatoms. The molecular formula is C17H21FN2O2. The van der Waals surface area contributed by atoms with E-state index in [9.17, 15) is 9.18 Å². The summed E-state index contributed by atoms with van der Waals surface area (Å²) in [6.07, 6.45) is 5.10. The molecule has 1 saturated heterocycles. The number of ether oxygens (including phenoxy) is 1. The van der Waals surface area contributed by atoms with Gasteiger partial charge in [-0.1, -0.05) is 18.2 Å². The van der Waals surface area contributed by atoms with E-state index in [0.717, 1.165) is 31.4 Å². The van der Waals surface area contributed by atoms with E-state index in [-0.39, 0.29) is 18.0 Å². The van der Waals surface area contributed by atoms with Crippen molar-refractivity contribution < 1.29 is 13.9 Å². The number of urea groups is 1. The number of carbonyl (C=O) groups excluding carboxylic acids is 1. The van der Waals surface area contributed by atoms with Crippen LogP contribution < -0.4 is 5.32 Å². The van der Waals surface area contributed by atoms with Gasteiger partial charge in [0.05, 0.1) is 6.10 Å². The number of amides is 2. The van der Waals surface area contributed by atoms with Crippen molar-refractivity contribution in [3.8, 4) is 0 Å². The summed E-state index contributed by atoms with van der Waals surface area (Å²) in [5, 5.41) is 2.94. The normalized spacial score (nSPS) is 21.6. The number of nitrogens with zero attached hydrogens (tertiary/aromatic N) is 1. The molecular weight excluding hydrogens is 283 g/mol. The van der Waals surface area contributed by atoms with Crippen LogP contribution in [-0.4, -0.2) is 43.3 Å². The standard InChI is InChI=1S/C17H21FN2O2/c18-15-5-3-13(4-6-15)14-7-9-20(10-8-14)17(21)19-12-16-2-1-11-22-16/h3-7,16H,1-2,8-12H2,(H,19,21)/t16-/m0/s1. The second-order valence-electron chi connectivity index (χ2n) is 5.75. The predicted molar refractivity (Wildman–Crippen MR) is 82.9 cm³/mol. The summed E-state index contributed by atoms with van der Waals surface area (Å²) in [7, 11) is 0. The molecule has 3 rings (SSSR count). The molecule has 1 atom stereocenters. The van der Waals surface area contributed by atoms with Gasteiger partial charge in [-0.3, -0.25) is 0 Å². The van der Waals surface area contributed by atoms with Crippen LogP contribution in [0, 0.1) is 5.82 Å². The monoisotopic (exact) mass is 304 g/mol. The van der Waals surface area contributed by atoms with Gasteiger partial charge in [0.2, 0.25) is 0 Å². The Kier molecular flexibility index (Phi) is 4.73. The summed E-state index contributed by atoms with van der Waals surface area (Å²) in [6.45, 7) is 2.66. The lowest BCUT2D eigenvalue weighted by atomic mass is 10.00. The van der Waals surface area contributed by atoms with Crippen molar-refractivity contribution in [2.75, 3.05) is 26.2 Å². The van der Waals surface area contributed by atoms with Crippen LogP contribution in [0.15, 0.2) is 30.3 Å². The second-order valence-corrected chi connectivity index (χ2v) is 5.75. The number of rotatable bonds is 3. The van der Waals surface area contributed by atoms with E-state index in [1.165, 1.54) is 17.7 Å². The van der Waals surface area contributed by atoms with Crippen LogP contribution in [-0.2, 0) is 4.74 Å². The van der Waals surface area contributed by atoms with Gasteiger partial charge in [0.1, 0.15) is 5.82 Å². The first-order valence-corrected chi connectivity index (χ1v) is 7.82. The molecule has 0 aliphatic carbocycles. The molecule has 4 nitrogen and oxygen atoms in total. The molecule has 0 unspecified atom stereocenters. The zero-order valence-electron chi connectivity index (χ0n) is 12.6. The van der Waals surface area contributed by atoms with Gasteiger partial charge >= 0.3 is 6.03 Å². The summed E-state index contributed by atoms with van der Waals surface area (Å²) in [4.78, 5) is 13.9. The predicted octanol–water partition coefficient (Wildman–Crippen LogP) is 2.80. The van der Waals surface area contributed by atoms with Crippen LogP contribution in [0.25, 0.3) is 5.57 Å². The molecule has 0 radical (unpaired) electrons. The molecule has 1 N–H and O–H groups in total. The number of nitrogens with one attached hydrogen (secondary N) is 1. The third-order valence-corrected chi connectivity index (χ3v) is 4.22. The van der Waals surface area contributed by atoms with Gasteiger partial charge in [-0.2, -0.15) is 0 Å². The molecule has 1 aromatic rings. The van der Waals surface area contributed by atoms with Gasteiger partial charge in [0, 0.05) is 26.2 Å². The summed E-state index contributed by atoms with van der Waals surface area (Å²) in [5.74, 6) is -0.227. The van der Waals surface area contributed by atoms with Crippen molar-refractivity contribution in [1.29, 1.82) is 0 Å². The second kappa shape index (κ2) is 6.92. The van der Waals surface area contributed by atoms with E-state index in [0.29, 0.717) is 19.6 Å². The summed E-state index contributed by atoms with van der Waals surface area (Å²) >= 11 is 0. The number of hydrogen-bond acceptors (Lipinski definition) is 2. The first-order chi connectivity index (χ1) is 10.7. The fraction of sp³-hybridized carbons (Fsp3) is 0.471. The van der Waals surface area contributed by atoms with Crippen LogP contribution in [0.3, 0.4) is 0 Å². The minimum absolute atomic E-state index is 0.0371. The summed E-state index contributed by atoms with van der Waals surface area (Å²) in [5.41, 5.74) is 2.20. The number of halogens is 1. The maximum Gasteiger partial charge on any atom is 0.317 e. The molecule has 1 fully saturated rings. The van der Waals surface area contributed by atoms with Gasteiger partial charge in [-0.05, 0) is 42.5 Å². The summed E-state index contributed by atoms with van der Waals surface area (Å²) in [6, 6.07) is 6.47. The lowest BCUT2D eigenvalue weighted by Gasteiger charge is -2.27. The average Bonchev–Trinajstić information content (AvgIpc) is 3.07. The smallest absolute Gasteiger partial charge is 0.317 e. The van der Waals surface area contributed by atoms with Gasteiger partial charge in [0.25, 0.3) is 0 Å². The van der Waals surface area contributed by atoms with E-state index in [1.54, 1.807) is 17.0 Å². The Bertz CT molecular complexity index is 550. The molecule has 118 valence electrons. The Morgan fingerprint density at radius 2 is 2.18 bits per heavy atom. The van der Waals surface area contributed by atoms with E-state index in [1.807, 2.05) is 6.08 Å². The van der Waals surface area contributed by atoms with Crippen molar-refractivity contribution in [2.45, 2.75) is 25.4 Å². The van der Waals surface area contributed by atoms with Gasteiger partial charge in [-0.15, -0.1) is 0 Å². The maximum atomic E-state index is 12.9. The fourth-order valence-electron chi connectivity index (χ4n) is 2.90. The SMILES string of the molecule is O=C(NC[C@@H]1CCCO1)N1CC=C(c2ccc(F)cc2)CC1. The topological polar surface area (TPSA) is 41.6 Å². The minimum Gasteiger partial charge on any atom is -0.376 e. The molecule has 2 amide bonds. The molecule has 0 saturated carbocycles. The van der Waals surface area contributed by atoms with Crippen molar-refractivity contribution in [3.05, 3.63) is 41.7 Å². The van der Waals surface area contributed by atoms with Crippen molar-refractivity contribution >= 4 is 11.6 Å². The third-order valence-electron chi connectivity index (χ3n) is 4.22. The molecule has 2 heterocycles. The molecule has 0 aromatic heterocycles. The quantitative estimate of drug-likeness (QED) is 0.933. The highest BCUT2D eigenvalue weighted by molar-refractivity contribution is 5.76. The van der Waals surface area contributed by atoms with E-state index < -0.39 is 0 Å². The van der Waals surface area contributed by atoms with E-state index in [2.05, 4.69) is 5.32 Å². The summed E-state index contributed by atoms with van der Waals surface area (Å²) < 4.78 is 18.4. The van der Waals surface area contributed by atoms with Crippen LogP contribution in [0.5, 0.6) is 0 Å². The highest BCUT2D eigenvalue weighted by Gasteiger charge is 2.20.